The van der Waals surface area contributed by atoms with Crippen LogP contribution in [0.3, 0.4) is 0 Å². The average Bonchev–Trinajstić information content (AvgIpc) is 3.41. The highest BCUT2D eigenvalue weighted by Crippen LogP contribution is 2.39. The normalized spacial score (nSPS) is 14.7. The van der Waals surface area contributed by atoms with Gasteiger partial charge >= 0.3 is 18.3 Å². The van der Waals surface area contributed by atoms with Crippen molar-refractivity contribution in [3.63, 3.8) is 0 Å². The molecule has 0 saturated heterocycles. The Bertz CT molecular complexity index is 1510. The van der Waals surface area contributed by atoms with E-state index < -0.39 is 29.5 Å². The van der Waals surface area contributed by atoms with Gasteiger partial charge in [-0.3, -0.25) is 0 Å². The maximum absolute atomic E-state index is 15.3. The number of rotatable bonds is 7. The first-order valence-electron chi connectivity index (χ1n) is 12.7. The molecule has 208 valence electrons. The third-order valence-electron chi connectivity index (χ3n) is 6.94. The molecule has 4 aromatic rings. The van der Waals surface area contributed by atoms with Crippen LogP contribution in [0, 0.1) is 0 Å². The number of para-hydroxylation sites is 1. The predicted octanol–water partition coefficient (Wildman–Crippen LogP) is 7.83. The van der Waals surface area contributed by atoms with Crippen molar-refractivity contribution in [2.45, 2.75) is 50.3 Å². The van der Waals surface area contributed by atoms with Crippen LogP contribution < -0.4 is 4.74 Å². The van der Waals surface area contributed by atoms with Gasteiger partial charge in [0, 0.05) is 5.56 Å². The Morgan fingerprint density at radius 3 is 2.27 bits per heavy atom. The van der Waals surface area contributed by atoms with Crippen molar-refractivity contribution < 1.29 is 36.6 Å². The van der Waals surface area contributed by atoms with E-state index in [2.05, 4.69) is 10.1 Å². The number of aromatic nitrogens is 3. The van der Waals surface area contributed by atoms with Gasteiger partial charge < -0.3 is 9.84 Å². The van der Waals surface area contributed by atoms with Crippen molar-refractivity contribution in [1.29, 1.82) is 0 Å². The maximum atomic E-state index is 15.3. The Balaban J connectivity index is 1.45. The number of nitrogens with zero attached hydrogens (tertiary/aromatic N) is 3. The Morgan fingerprint density at radius 2 is 1.60 bits per heavy atom. The summed E-state index contributed by atoms with van der Waals surface area (Å²) in [5.41, 5.74) is -1.76. The highest BCUT2D eigenvalue weighted by molar-refractivity contribution is 5.89. The summed E-state index contributed by atoms with van der Waals surface area (Å²) in [6.45, 7) is 0. The molecule has 1 saturated carbocycles. The fraction of sp³-hybridized carbons (Fsp3) is 0.276. The molecule has 2 aromatic heterocycles. The Labute approximate surface area is 226 Å². The molecule has 1 fully saturated rings. The lowest BCUT2D eigenvalue weighted by Gasteiger charge is -2.23. The van der Waals surface area contributed by atoms with Gasteiger partial charge in [-0.25, -0.2) is 14.5 Å². The Hall–Kier alpha value is -4.28. The second-order valence-electron chi connectivity index (χ2n) is 9.57. The number of halogens is 5. The van der Waals surface area contributed by atoms with Crippen molar-refractivity contribution in [2.24, 2.45) is 0 Å². The van der Waals surface area contributed by atoms with Crippen LogP contribution in [-0.2, 0) is 12.3 Å². The molecule has 0 aliphatic heterocycles. The predicted molar refractivity (Wildman–Crippen MR) is 136 cm³/mol. The first-order chi connectivity index (χ1) is 19.0. The van der Waals surface area contributed by atoms with Crippen molar-refractivity contribution in [3.05, 3.63) is 95.3 Å². The van der Waals surface area contributed by atoms with Crippen LogP contribution in [0.15, 0.2) is 72.9 Å². The molecule has 5 rings (SSSR count). The molecule has 1 aliphatic carbocycles. The minimum atomic E-state index is -5.04. The molecular weight excluding hydrogens is 533 g/mol. The summed E-state index contributed by atoms with van der Waals surface area (Å²) < 4.78 is 77.2. The van der Waals surface area contributed by atoms with Gasteiger partial charge in [0.1, 0.15) is 11.3 Å². The summed E-state index contributed by atoms with van der Waals surface area (Å²) in [7, 11) is 0. The Kier molecular flexibility index (Phi) is 7.31. The molecule has 0 radical (unpaired) electrons. The van der Waals surface area contributed by atoms with Crippen LogP contribution in [0.25, 0.3) is 17.1 Å². The number of carboxylic acids is 1. The molecular formula is C29H24F5N3O3. The van der Waals surface area contributed by atoms with Crippen LogP contribution in [-0.4, -0.2) is 25.8 Å². The molecule has 1 aliphatic rings. The molecule has 0 unspecified atom stereocenters. The highest BCUT2D eigenvalue weighted by Gasteiger charge is 2.41. The topological polar surface area (TPSA) is 77.2 Å². The standard InChI is InChI=1S/C29H24F5N3O3/c30-28(31,32)26-22(27(38)39)17-35-37(26)25-12-6-10-23(36-25)21-9-4-5-11-24(21)40-29(33,34)20-15-13-19(14-16-20)18-7-2-1-3-8-18/h4-6,9-18H,1-3,7-8H2,(H,38,39). The third kappa shape index (κ3) is 5.54. The van der Waals surface area contributed by atoms with Crippen molar-refractivity contribution in [2.75, 3.05) is 0 Å². The first-order valence-corrected chi connectivity index (χ1v) is 12.7. The molecule has 2 aromatic carbocycles. The van der Waals surface area contributed by atoms with Gasteiger partial charge in [0.05, 0.1) is 17.5 Å². The van der Waals surface area contributed by atoms with Gasteiger partial charge in [-0.15, -0.1) is 0 Å². The van der Waals surface area contributed by atoms with Gasteiger partial charge in [-0.1, -0.05) is 49.6 Å². The highest BCUT2D eigenvalue weighted by atomic mass is 19.4. The van der Waals surface area contributed by atoms with E-state index >= 15 is 8.78 Å². The number of aromatic carboxylic acids is 1. The van der Waals surface area contributed by atoms with Crippen molar-refractivity contribution in [3.8, 4) is 22.8 Å². The van der Waals surface area contributed by atoms with E-state index in [1.165, 1.54) is 55.0 Å². The van der Waals surface area contributed by atoms with Gasteiger partial charge in [-0.2, -0.15) is 27.1 Å². The van der Waals surface area contributed by atoms with E-state index in [0.29, 0.717) is 16.8 Å². The number of alkyl halides is 5. The lowest BCUT2D eigenvalue weighted by atomic mass is 9.84. The van der Waals surface area contributed by atoms with E-state index in [9.17, 15) is 23.1 Å². The second-order valence-corrected chi connectivity index (χ2v) is 9.57. The number of hydrogen-bond donors (Lipinski definition) is 1. The van der Waals surface area contributed by atoms with Crippen molar-refractivity contribution >= 4 is 5.97 Å². The lowest BCUT2D eigenvalue weighted by Crippen LogP contribution is -2.22. The number of pyridine rings is 1. The smallest absolute Gasteiger partial charge is 0.434 e. The van der Waals surface area contributed by atoms with E-state index in [4.69, 9.17) is 4.74 Å². The van der Waals surface area contributed by atoms with Crippen LogP contribution in [0.1, 0.15) is 65.2 Å². The van der Waals surface area contributed by atoms with E-state index in [1.54, 1.807) is 18.2 Å². The molecule has 1 N–H and O–H groups in total. The van der Waals surface area contributed by atoms with Gasteiger partial charge in [-0.05, 0) is 60.7 Å². The third-order valence-corrected chi connectivity index (χ3v) is 6.94. The van der Waals surface area contributed by atoms with Crippen LogP contribution in [0.2, 0.25) is 0 Å². The molecule has 2 heterocycles. The average molecular weight is 558 g/mol. The summed E-state index contributed by atoms with van der Waals surface area (Å²) in [4.78, 5) is 15.5. The second kappa shape index (κ2) is 10.7. The fourth-order valence-corrected chi connectivity index (χ4v) is 4.99. The maximum Gasteiger partial charge on any atom is 0.434 e. The largest absolute Gasteiger partial charge is 0.478 e. The van der Waals surface area contributed by atoms with Gasteiger partial charge in [0.15, 0.2) is 11.5 Å². The fourth-order valence-electron chi connectivity index (χ4n) is 4.99. The minimum absolute atomic E-state index is 0.0250. The summed E-state index contributed by atoms with van der Waals surface area (Å²) in [6.07, 6.45) is -2.67. The Morgan fingerprint density at radius 1 is 0.900 bits per heavy atom. The molecule has 0 atom stereocenters. The number of carbonyl (C=O) groups is 1. The zero-order valence-corrected chi connectivity index (χ0v) is 21.0. The van der Waals surface area contributed by atoms with E-state index in [0.717, 1.165) is 31.2 Å². The molecule has 0 bridgehead atoms. The number of ether oxygens (including phenoxy) is 1. The van der Waals surface area contributed by atoms with Crippen molar-refractivity contribution in [1.82, 2.24) is 14.8 Å². The van der Waals surface area contributed by atoms with Crippen LogP contribution in [0.4, 0.5) is 22.0 Å². The van der Waals surface area contributed by atoms with Crippen LogP contribution in [0.5, 0.6) is 5.75 Å². The summed E-state index contributed by atoms with van der Waals surface area (Å²) in [6, 6.07) is 15.9. The molecule has 40 heavy (non-hydrogen) atoms. The van der Waals surface area contributed by atoms with E-state index in [-0.39, 0.29) is 28.4 Å². The molecule has 6 nitrogen and oxygen atoms in total. The minimum Gasteiger partial charge on any atom is -0.478 e. The molecule has 11 heteroatoms. The quantitative estimate of drug-likeness (QED) is 0.234. The van der Waals surface area contributed by atoms with Crippen LogP contribution >= 0.6 is 0 Å². The SMILES string of the molecule is O=C(O)c1cnn(-c2cccc(-c3ccccc3OC(F)(F)c3ccc(C4CCCCC4)cc3)n2)c1C(F)(F)F. The summed E-state index contributed by atoms with van der Waals surface area (Å²) >= 11 is 0. The number of benzene rings is 2. The lowest BCUT2D eigenvalue weighted by molar-refractivity contribution is -0.185. The number of carboxylic acid groups (broad SMARTS) is 1. The number of hydrogen-bond acceptors (Lipinski definition) is 4. The van der Waals surface area contributed by atoms with Gasteiger partial charge in [0.2, 0.25) is 0 Å². The monoisotopic (exact) mass is 557 g/mol. The zero-order chi connectivity index (χ0) is 28.5. The summed E-state index contributed by atoms with van der Waals surface area (Å²) in [5.74, 6) is -2.04. The first kappa shape index (κ1) is 27.3. The molecule has 0 amide bonds. The molecule has 0 spiro atoms. The summed E-state index contributed by atoms with van der Waals surface area (Å²) in [5, 5.41) is 12.8. The van der Waals surface area contributed by atoms with Gasteiger partial charge in [0.25, 0.3) is 0 Å². The zero-order valence-electron chi connectivity index (χ0n) is 21.0. The van der Waals surface area contributed by atoms with E-state index in [1.807, 2.05) is 0 Å².